The first-order valence-electron chi connectivity index (χ1n) is 16.7. The van der Waals surface area contributed by atoms with Crippen molar-refractivity contribution in [3.8, 4) is 44.5 Å². The van der Waals surface area contributed by atoms with Crippen LogP contribution in [0.25, 0.3) is 82.4 Å². The molecule has 0 spiro atoms. The molecule has 0 heterocycles. The Morgan fingerprint density at radius 1 is 0.375 bits per heavy atom. The quantitative estimate of drug-likeness (QED) is 0.129. The monoisotopic (exact) mass is 612 g/mol. The van der Waals surface area contributed by atoms with Crippen molar-refractivity contribution in [3.05, 3.63) is 188 Å². The van der Waals surface area contributed by atoms with Crippen LogP contribution in [0.1, 0.15) is 19.4 Å². The predicted molar refractivity (Wildman–Crippen MR) is 209 cm³/mol. The van der Waals surface area contributed by atoms with Crippen LogP contribution in [0.2, 0.25) is 0 Å². The fourth-order valence-electron chi connectivity index (χ4n) is 7.20. The topological polar surface area (TPSA) is 0 Å². The van der Waals surface area contributed by atoms with E-state index < -0.39 is 0 Å². The second-order valence-electron chi connectivity index (χ2n) is 12.4. The van der Waals surface area contributed by atoms with Crippen LogP contribution in [-0.4, -0.2) is 0 Å². The molecule has 0 aliphatic rings. The summed E-state index contributed by atoms with van der Waals surface area (Å²) in [5, 5.41) is 7.55. The minimum atomic E-state index is 1.22. The van der Waals surface area contributed by atoms with Crippen LogP contribution in [-0.2, 0) is 0 Å². The molecular formula is C48H36. The SMILES string of the molecule is C/C=C\C(=C/C)c1ccc2c(-c3cccc(-c4ccc5ccccc5c4)c3)c3ccccc3c(-c3ccc(-c4ccccc4)cc3)c2c1. The van der Waals surface area contributed by atoms with Crippen LogP contribution in [0.3, 0.4) is 0 Å². The van der Waals surface area contributed by atoms with Gasteiger partial charge in [0.1, 0.15) is 0 Å². The van der Waals surface area contributed by atoms with E-state index in [0.717, 1.165) is 0 Å². The summed E-state index contributed by atoms with van der Waals surface area (Å²) in [4.78, 5) is 0. The highest BCUT2D eigenvalue weighted by Gasteiger charge is 2.18. The Bertz CT molecular complexity index is 2490. The highest BCUT2D eigenvalue weighted by molar-refractivity contribution is 6.22. The van der Waals surface area contributed by atoms with Gasteiger partial charge in [0.2, 0.25) is 0 Å². The van der Waals surface area contributed by atoms with E-state index in [-0.39, 0.29) is 0 Å². The molecule has 0 N–H and O–H groups in total. The Kier molecular flexibility index (Phi) is 7.76. The van der Waals surface area contributed by atoms with Crippen molar-refractivity contribution < 1.29 is 0 Å². The molecule has 8 aromatic carbocycles. The first-order chi connectivity index (χ1) is 23.7. The number of hydrogen-bond acceptors (Lipinski definition) is 0. The smallest absolute Gasteiger partial charge is 0.00261 e. The van der Waals surface area contributed by atoms with E-state index in [2.05, 4.69) is 196 Å². The molecule has 0 aromatic heterocycles. The van der Waals surface area contributed by atoms with Gasteiger partial charge in [-0.3, -0.25) is 0 Å². The summed E-state index contributed by atoms with van der Waals surface area (Å²) >= 11 is 0. The van der Waals surface area contributed by atoms with E-state index in [1.807, 2.05) is 0 Å². The lowest BCUT2D eigenvalue weighted by Gasteiger charge is -2.19. The zero-order valence-corrected chi connectivity index (χ0v) is 27.3. The maximum Gasteiger partial charge on any atom is -0.00261 e. The average molecular weight is 613 g/mol. The lowest BCUT2D eigenvalue weighted by atomic mass is 9.84. The van der Waals surface area contributed by atoms with Gasteiger partial charge in [-0.05, 0) is 120 Å². The van der Waals surface area contributed by atoms with E-state index in [4.69, 9.17) is 0 Å². The Labute approximate surface area is 283 Å². The molecule has 0 bridgehead atoms. The molecule has 228 valence electrons. The molecule has 8 rings (SSSR count). The van der Waals surface area contributed by atoms with Crippen molar-refractivity contribution >= 4 is 37.9 Å². The summed E-state index contributed by atoms with van der Waals surface area (Å²) in [6.45, 7) is 4.20. The third-order valence-electron chi connectivity index (χ3n) is 9.53. The van der Waals surface area contributed by atoms with E-state index in [1.54, 1.807) is 0 Å². The van der Waals surface area contributed by atoms with Gasteiger partial charge < -0.3 is 0 Å². The second-order valence-corrected chi connectivity index (χ2v) is 12.4. The average Bonchev–Trinajstić information content (AvgIpc) is 3.16. The number of fused-ring (bicyclic) bond motifs is 3. The van der Waals surface area contributed by atoms with Gasteiger partial charge in [-0.1, -0.05) is 164 Å². The summed E-state index contributed by atoms with van der Waals surface area (Å²) in [5.41, 5.74) is 12.3. The molecule has 0 saturated heterocycles. The largest absolute Gasteiger partial charge is 0.0871 e. The molecule has 0 unspecified atom stereocenters. The Balaban J connectivity index is 1.38. The van der Waals surface area contributed by atoms with Crippen LogP contribution in [0.5, 0.6) is 0 Å². The van der Waals surface area contributed by atoms with Gasteiger partial charge in [0.05, 0.1) is 0 Å². The van der Waals surface area contributed by atoms with Gasteiger partial charge in [-0.2, -0.15) is 0 Å². The molecule has 0 nitrogen and oxygen atoms in total. The fraction of sp³-hybridized carbons (Fsp3) is 0.0417. The van der Waals surface area contributed by atoms with Gasteiger partial charge in [-0.15, -0.1) is 0 Å². The summed E-state index contributed by atoms with van der Waals surface area (Å²) in [6.07, 6.45) is 6.52. The number of rotatable bonds is 6. The Morgan fingerprint density at radius 2 is 0.938 bits per heavy atom. The molecule has 0 aliphatic carbocycles. The first kappa shape index (κ1) is 29.4. The van der Waals surface area contributed by atoms with Gasteiger partial charge in [0.15, 0.2) is 0 Å². The molecule has 0 atom stereocenters. The van der Waals surface area contributed by atoms with Gasteiger partial charge >= 0.3 is 0 Å². The van der Waals surface area contributed by atoms with Gasteiger partial charge in [0.25, 0.3) is 0 Å². The second kappa shape index (κ2) is 12.7. The van der Waals surface area contributed by atoms with E-state index in [9.17, 15) is 0 Å². The van der Waals surface area contributed by atoms with Crippen LogP contribution >= 0.6 is 0 Å². The molecule has 0 radical (unpaired) electrons. The highest BCUT2D eigenvalue weighted by atomic mass is 14.2. The van der Waals surface area contributed by atoms with E-state index in [0.29, 0.717) is 0 Å². The number of benzene rings is 8. The van der Waals surface area contributed by atoms with Crippen molar-refractivity contribution in [2.24, 2.45) is 0 Å². The number of hydrogen-bond donors (Lipinski definition) is 0. The van der Waals surface area contributed by atoms with E-state index in [1.165, 1.54) is 88.0 Å². The normalized spacial score (nSPS) is 12.0. The molecule has 48 heavy (non-hydrogen) atoms. The maximum atomic E-state index is 2.40. The zero-order chi connectivity index (χ0) is 32.5. The molecular weight excluding hydrogens is 577 g/mol. The van der Waals surface area contributed by atoms with Crippen molar-refractivity contribution in [1.82, 2.24) is 0 Å². The molecule has 0 saturated carbocycles. The standard InChI is InChI=1S/C48H36/c1-3-13-33(4-2)41-28-29-45-46(32-41)47(37-25-22-36(23-26-37)34-14-6-5-7-15-34)43-20-10-11-21-44(43)48(45)42-19-12-18-39(31-42)40-27-24-35-16-8-9-17-38(35)30-40/h3-32H,1-2H3/b13-3-,33-4+. The van der Waals surface area contributed by atoms with Crippen molar-refractivity contribution in [3.63, 3.8) is 0 Å². The minimum Gasteiger partial charge on any atom is -0.0871 e. The summed E-state index contributed by atoms with van der Waals surface area (Å²) in [5.74, 6) is 0. The highest BCUT2D eigenvalue weighted by Crippen LogP contribution is 2.45. The Morgan fingerprint density at radius 3 is 1.69 bits per heavy atom. The molecule has 0 heteroatoms. The first-order valence-corrected chi connectivity index (χ1v) is 16.7. The molecule has 0 fully saturated rings. The summed E-state index contributed by atoms with van der Waals surface area (Å²) in [6, 6.07) is 60.1. The van der Waals surface area contributed by atoms with E-state index >= 15 is 0 Å². The maximum absolute atomic E-state index is 2.40. The van der Waals surface area contributed by atoms with Crippen LogP contribution in [0.15, 0.2) is 182 Å². The van der Waals surface area contributed by atoms with Crippen LogP contribution < -0.4 is 0 Å². The summed E-state index contributed by atoms with van der Waals surface area (Å²) in [7, 11) is 0. The zero-order valence-electron chi connectivity index (χ0n) is 27.3. The van der Waals surface area contributed by atoms with Crippen molar-refractivity contribution in [1.29, 1.82) is 0 Å². The minimum absolute atomic E-state index is 1.22. The van der Waals surface area contributed by atoms with Crippen LogP contribution in [0, 0.1) is 0 Å². The van der Waals surface area contributed by atoms with Crippen molar-refractivity contribution in [2.75, 3.05) is 0 Å². The lowest BCUT2D eigenvalue weighted by molar-refractivity contribution is 1.59. The predicted octanol–water partition coefficient (Wildman–Crippen LogP) is 13.8. The Hall–Kier alpha value is -5.98. The molecule has 0 amide bonds. The molecule has 0 aliphatic heterocycles. The van der Waals surface area contributed by atoms with Gasteiger partial charge in [0, 0.05) is 0 Å². The summed E-state index contributed by atoms with van der Waals surface area (Å²) < 4.78 is 0. The third-order valence-corrected chi connectivity index (χ3v) is 9.53. The fourth-order valence-corrected chi connectivity index (χ4v) is 7.20. The van der Waals surface area contributed by atoms with Gasteiger partial charge in [-0.25, -0.2) is 0 Å². The van der Waals surface area contributed by atoms with Crippen molar-refractivity contribution in [2.45, 2.75) is 13.8 Å². The lowest BCUT2D eigenvalue weighted by Crippen LogP contribution is -1.93. The molecule has 8 aromatic rings. The number of allylic oxidation sites excluding steroid dienone is 4. The van der Waals surface area contributed by atoms with Crippen LogP contribution in [0.4, 0.5) is 0 Å². The third kappa shape index (κ3) is 5.32.